The summed E-state index contributed by atoms with van der Waals surface area (Å²) in [6, 6.07) is 10.6. The summed E-state index contributed by atoms with van der Waals surface area (Å²) in [5, 5.41) is 7.01. The summed E-state index contributed by atoms with van der Waals surface area (Å²) in [6.45, 7) is 3.20. The SMILES string of the molecule is CCCNC(CCCc1cccs1)c1ccc(Cl)c(Cl)c1. The van der Waals surface area contributed by atoms with Gasteiger partial charge in [0.05, 0.1) is 10.0 Å². The van der Waals surface area contributed by atoms with Crippen LogP contribution in [0.1, 0.15) is 42.7 Å². The lowest BCUT2D eigenvalue weighted by Gasteiger charge is -2.19. The molecule has 0 fully saturated rings. The highest BCUT2D eigenvalue weighted by Gasteiger charge is 2.12. The van der Waals surface area contributed by atoms with Crippen LogP contribution < -0.4 is 5.32 Å². The molecule has 0 aliphatic carbocycles. The number of benzene rings is 1. The molecule has 2 rings (SSSR count). The van der Waals surface area contributed by atoms with Crippen molar-refractivity contribution in [3.05, 3.63) is 56.2 Å². The lowest BCUT2D eigenvalue weighted by molar-refractivity contribution is 0.485. The van der Waals surface area contributed by atoms with E-state index in [1.807, 2.05) is 23.5 Å². The molecular formula is C17H21Cl2NS. The Balaban J connectivity index is 1.97. The van der Waals surface area contributed by atoms with E-state index in [1.165, 1.54) is 16.9 Å². The largest absolute Gasteiger partial charge is 0.310 e. The van der Waals surface area contributed by atoms with Crippen LogP contribution in [-0.2, 0) is 6.42 Å². The molecule has 0 spiro atoms. The molecule has 4 heteroatoms. The van der Waals surface area contributed by atoms with Crippen LogP contribution in [0.4, 0.5) is 0 Å². The highest BCUT2D eigenvalue weighted by atomic mass is 35.5. The van der Waals surface area contributed by atoms with Gasteiger partial charge < -0.3 is 5.32 Å². The first-order valence-corrected chi connectivity index (χ1v) is 9.05. The van der Waals surface area contributed by atoms with E-state index in [2.05, 4.69) is 35.8 Å². The maximum Gasteiger partial charge on any atom is 0.0595 e. The highest BCUT2D eigenvalue weighted by Crippen LogP contribution is 2.28. The van der Waals surface area contributed by atoms with Crippen molar-refractivity contribution in [2.24, 2.45) is 0 Å². The van der Waals surface area contributed by atoms with Crippen LogP contribution in [0.5, 0.6) is 0 Å². The molecule has 1 aromatic carbocycles. The summed E-state index contributed by atoms with van der Waals surface area (Å²) in [7, 11) is 0. The normalized spacial score (nSPS) is 12.5. The molecule has 1 N–H and O–H groups in total. The number of hydrogen-bond acceptors (Lipinski definition) is 2. The Morgan fingerprint density at radius 3 is 2.71 bits per heavy atom. The van der Waals surface area contributed by atoms with Gasteiger partial charge in [-0.2, -0.15) is 0 Å². The number of halogens is 2. The molecule has 0 bridgehead atoms. The molecule has 1 heterocycles. The summed E-state index contributed by atoms with van der Waals surface area (Å²) in [5.41, 5.74) is 1.23. The standard InChI is InChI=1S/C17H21Cl2NS/c1-2-10-20-17(7-3-5-14-6-4-11-21-14)13-8-9-15(18)16(19)12-13/h4,6,8-9,11-12,17,20H,2-3,5,7,10H2,1H3. The van der Waals surface area contributed by atoms with Crippen LogP contribution in [0.3, 0.4) is 0 Å². The number of nitrogens with one attached hydrogen (secondary N) is 1. The Morgan fingerprint density at radius 1 is 1.19 bits per heavy atom. The van der Waals surface area contributed by atoms with Crippen LogP contribution >= 0.6 is 34.5 Å². The van der Waals surface area contributed by atoms with Gasteiger partial charge in [-0.15, -0.1) is 11.3 Å². The average Bonchev–Trinajstić information content (AvgIpc) is 2.99. The molecule has 0 radical (unpaired) electrons. The smallest absolute Gasteiger partial charge is 0.0595 e. The summed E-state index contributed by atoms with van der Waals surface area (Å²) in [5.74, 6) is 0. The maximum absolute atomic E-state index is 6.15. The Labute approximate surface area is 141 Å². The predicted octanol–water partition coefficient (Wildman–Crippen LogP) is 6.12. The van der Waals surface area contributed by atoms with Gasteiger partial charge in [0.25, 0.3) is 0 Å². The zero-order valence-electron chi connectivity index (χ0n) is 12.2. The van der Waals surface area contributed by atoms with Gasteiger partial charge in [0.15, 0.2) is 0 Å². The van der Waals surface area contributed by atoms with Gasteiger partial charge >= 0.3 is 0 Å². The molecule has 1 aromatic heterocycles. The zero-order valence-corrected chi connectivity index (χ0v) is 14.6. The van der Waals surface area contributed by atoms with Gasteiger partial charge in [-0.25, -0.2) is 0 Å². The van der Waals surface area contributed by atoms with E-state index in [0.29, 0.717) is 16.1 Å². The lowest BCUT2D eigenvalue weighted by Crippen LogP contribution is -2.22. The number of aryl methyl sites for hydroxylation is 1. The van der Waals surface area contributed by atoms with Crippen molar-refractivity contribution in [1.82, 2.24) is 5.32 Å². The Morgan fingerprint density at radius 2 is 2.05 bits per heavy atom. The van der Waals surface area contributed by atoms with Gasteiger partial charge in [0.1, 0.15) is 0 Å². The van der Waals surface area contributed by atoms with Crippen LogP contribution in [0.25, 0.3) is 0 Å². The molecule has 114 valence electrons. The quantitative estimate of drug-likeness (QED) is 0.609. The minimum atomic E-state index is 0.347. The zero-order chi connectivity index (χ0) is 15.1. The summed E-state index contributed by atoms with van der Waals surface area (Å²) >= 11 is 14.0. The Bertz CT molecular complexity index is 540. The first-order chi connectivity index (χ1) is 10.2. The van der Waals surface area contributed by atoms with Gasteiger partial charge in [0, 0.05) is 10.9 Å². The fraction of sp³-hybridized carbons (Fsp3) is 0.412. The summed E-state index contributed by atoms with van der Waals surface area (Å²) in [6.07, 6.45) is 4.55. The second-order valence-electron chi connectivity index (χ2n) is 5.15. The van der Waals surface area contributed by atoms with Crippen molar-refractivity contribution >= 4 is 34.5 Å². The molecule has 21 heavy (non-hydrogen) atoms. The molecule has 0 amide bonds. The van der Waals surface area contributed by atoms with Crippen LogP contribution in [0.2, 0.25) is 10.0 Å². The van der Waals surface area contributed by atoms with E-state index < -0.39 is 0 Å². The van der Waals surface area contributed by atoms with E-state index in [4.69, 9.17) is 23.2 Å². The second-order valence-corrected chi connectivity index (χ2v) is 7.00. The molecule has 0 saturated carbocycles. The van der Waals surface area contributed by atoms with E-state index in [0.717, 1.165) is 25.8 Å². The van der Waals surface area contributed by atoms with Crippen molar-refractivity contribution in [1.29, 1.82) is 0 Å². The lowest BCUT2D eigenvalue weighted by atomic mass is 10.0. The monoisotopic (exact) mass is 341 g/mol. The number of thiophene rings is 1. The fourth-order valence-corrected chi connectivity index (χ4v) is 3.43. The summed E-state index contributed by atoms with van der Waals surface area (Å²) < 4.78 is 0. The van der Waals surface area contributed by atoms with Crippen molar-refractivity contribution in [3.63, 3.8) is 0 Å². The first-order valence-electron chi connectivity index (χ1n) is 7.41. The minimum Gasteiger partial charge on any atom is -0.310 e. The van der Waals surface area contributed by atoms with Crippen molar-refractivity contribution in [2.45, 2.75) is 38.6 Å². The van der Waals surface area contributed by atoms with Crippen molar-refractivity contribution in [3.8, 4) is 0 Å². The Kier molecular flexibility index (Phi) is 7.05. The topological polar surface area (TPSA) is 12.0 Å². The van der Waals surface area contributed by atoms with Crippen LogP contribution in [0.15, 0.2) is 35.7 Å². The molecular weight excluding hydrogens is 321 g/mol. The molecule has 0 aliphatic heterocycles. The maximum atomic E-state index is 6.15. The van der Waals surface area contributed by atoms with Gasteiger partial charge in [-0.1, -0.05) is 42.3 Å². The summed E-state index contributed by atoms with van der Waals surface area (Å²) in [4.78, 5) is 1.46. The number of rotatable bonds is 8. The van der Waals surface area contributed by atoms with Crippen molar-refractivity contribution in [2.75, 3.05) is 6.54 Å². The second kappa shape index (κ2) is 8.79. The van der Waals surface area contributed by atoms with E-state index >= 15 is 0 Å². The van der Waals surface area contributed by atoms with E-state index in [1.54, 1.807) is 0 Å². The van der Waals surface area contributed by atoms with E-state index in [-0.39, 0.29) is 0 Å². The molecule has 1 atom stereocenters. The van der Waals surface area contributed by atoms with Crippen molar-refractivity contribution < 1.29 is 0 Å². The molecule has 0 aliphatic rings. The van der Waals surface area contributed by atoms with Crippen LogP contribution in [0, 0.1) is 0 Å². The minimum absolute atomic E-state index is 0.347. The average molecular weight is 342 g/mol. The fourth-order valence-electron chi connectivity index (χ4n) is 2.37. The molecule has 1 nitrogen and oxygen atoms in total. The van der Waals surface area contributed by atoms with Crippen LogP contribution in [-0.4, -0.2) is 6.54 Å². The Hall–Kier alpha value is -0.540. The third-order valence-electron chi connectivity index (χ3n) is 3.48. The molecule has 0 saturated heterocycles. The predicted molar refractivity (Wildman–Crippen MR) is 94.8 cm³/mol. The van der Waals surface area contributed by atoms with Gasteiger partial charge in [0.2, 0.25) is 0 Å². The molecule has 2 aromatic rings. The third-order valence-corrected chi connectivity index (χ3v) is 5.16. The number of hydrogen-bond donors (Lipinski definition) is 1. The van der Waals surface area contributed by atoms with Gasteiger partial charge in [-0.3, -0.25) is 0 Å². The molecule has 1 unspecified atom stereocenters. The highest BCUT2D eigenvalue weighted by molar-refractivity contribution is 7.09. The van der Waals surface area contributed by atoms with E-state index in [9.17, 15) is 0 Å². The third kappa shape index (κ3) is 5.30. The van der Waals surface area contributed by atoms with Gasteiger partial charge in [-0.05, 0) is 61.4 Å². The first kappa shape index (κ1) is 16.8.